The number of aromatic nitrogens is 1. The van der Waals surface area contributed by atoms with Crippen LogP contribution in [0.25, 0.3) is 0 Å². The molecular formula is C20H28N4O2. The number of β-amino-alcohol motifs (C(OH)–C–C–N with tert-alkyl or cyclic N) is 1. The summed E-state index contributed by atoms with van der Waals surface area (Å²) < 4.78 is 0. The molecule has 3 heterocycles. The van der Waals surface area contributed by atoms with Crippen LogP contribution in [0.4, 0.5) is 5.82 Å². The van der Waals surface area contributed by atoms with Gasteiger partial charge in [-0.05, 0) is 42.7 Å². The lowest BCUT2D eigenvalue weighted by Crippen LogP contribution is -2.52. The summed E-state index contributed by atoms with van der Waals surface area (Å²) in [6.45, 7) is 7.11. The molecule has 0 radical (unpaired) electrons. The summed E-state index contributed by atoms with van der Waals surface area (Å²) in [5, 5.41) is 18.7. The molecule has 2 aliphatic rings. The molecule has 2 aliphatic heterocycles. The minimum absolute atomic E-state index is 0.0192. The zero-order valence-electron chi connectivity index (χ0n) is 15.7. The SMILES string of the molecule is CC(C)c1ccc(C#N)c(N2CCC3(CCC(=O)N(CCO)C3)CC2)n1. The van der Waals surface area contributed by atoms with Gasteiger partial charge in [0.15, 0.2) is 0 Å². The van der Waals surface area contributed by atoms with Crippen molar-refractivity contribution in [3.05, 3.63) is 23.4 Å². The molecule has 0 aromatic carbocycles. The highest BCUT2D eigenvalue weighted by Gasteiger charge is 2.41. The summed E-state index contributed by atoms with van der Waals surface area (Å²) in [5.41, 5.74) is 1.78. The van der Waals surface area contributed by atoms with Crippen molar-refractivity contribution in [2.24, 2.45) is 5.41 Å². The minimum Gasteiger partial charge on any atom is -0.395 e. The van der Waals surface area contributed by atoms with Crippen molar-refractivity contribution in [2.75, 3.05) is 37.7 Å². The Morgan fingerprint density at radius 2 is 2.04 bits per heavy atom. The highest BCUT2D eigenvalue weighted by Crippen LogP contribution is 2.41. The van der Waals surface area contributed by atoms with Gasteiger partial charge in [0.25, 0.3) is 0 Å². The molecule has 26 heavy (non-hydrogen) atoms. The van der Waals surface area contributed by atoms with Crippen LogP contribution in [0.3, 0.4) is 0 Å². The summed E-state index contributed by atoms with van der Waals surface area (Å²) in [6.07, 6.45) is 3.47. The van der Waals surface area contributed by atoms with Gasteiger partial charge in [-0.15, -0.1) is 0 Å². The van der Waals surface area contributed by atoms with Crippen LogP contribution in [0.15, 0.2) is 12.1 Å². The standard InChI is InChI=1S/C20H28N4O2/c1-15(2)17-4-3-16(13-21)19(22-17)23-9-7-20(8-10-23)6-5-18(26)24(14-20)11-12-25/h3-4,15,25H,5-12,14H2,1-2H3. The number of aliphatic hydroxyl groups is 1. The number of aliphatic hydroxyl groups excluding tert-OH is 1. The third-order valence-electron chi connectivity index (χ3n) is 5.85. The van der Waals surface area contributed by atoms with E-state index in [1.807, 2.05) is 17.0 Å². The molecule has 2 fully saturated rings. The Morgan fingerprint density at radius 1 is 1.31 bits per heavy atom. The Hall–Kier alpha value is -2.13. The molecule has 6 nitrogen and oxygen atoms in total. The Kier molecular flexibility index (Phi) is 5.47. The number of nitrogens with zero attached hydrogens (tertiary/aromatic N) is 4. The second-order valence-corrected chi connectivity index (χ2v) is 7.90. The van der Waals surface area contributed by atoms with Crippen LogP contribution in [-0.4, -0.2) is 53.7 Å². The van der Waals surface area contributed by atoms with E-state index in [-0.39, 0.29) is 17.9 Å². The first-order valence-electron chi connectivity index (χ1n) is 9.53. The number of anilines is 1. The van der Waals surface area contributed by atoms with Crippen molar-refractivity contribution >= 4 is 11.7 Å². The van der Waals surface area contributed by atoms with Gasteiger partial charge in [-0.1, -0.05) is 13.8 Å². The van der Waals surface area contributed by atoms with Gasteiger partial charge < -0.3 is 14.9 Å². The first kappa shape index (κ1) is 18.7. The molecule has 1 spiro atoms. The molecule has 1 aromatic rings. The predicted octanol–water partition coefficient (Wildman–Crippen LogP) is 2.28. The van der Waals surface area contributed by atoms with Crippen LogP contribution in [0.1, 0.15) is 56.7 Å². The second kappa shape index (κ2) is 7.63. The van der Waals surface area contributed by atoms with Crippen LogP contribution in [0, 0.1) is 16.7 Å². The molecule has 140 valence electrons. The van der Waals surface area contributed by atoms with Crippen molar-refractivity contribution in [1.29, 1.82) is 5.26 Å². The average molecular weight is 356 g/mol. The van der Waals surface area contributed by atoms with E-state index in [4.69, 9.17) is 4.98 Å². The smallest absolute Gasteiger partial charge is 0.222 e. The van der Waals surface area contributed by atoms with Gasteiger partial charge in [0.05, 0.1) is 12.2 Å². The number of pyridine rings is 1. The summed E-state index contributed by atoms with van der Waals surface area (Å²) >= 11 is 0. The monoisotopic (exact) mass is 356 g/mol. The number of hydrogen-bond acceptors (Lipinski definition) is 5. The number of hydrogen-bond donors (Lipinski definition) is 1. The number of rotatable bonds is 4. The van der Waals surface area contributed by atoms with Crippen molar-refractivity contribution < 1.29 is 9.90 Å². The van der Waals surface area contributed by atoms with Crippen molar-refractivity contribution in [3.8, 4) is 6.07 Å². The van der Waals surface area contributed by atoms with Crippen LogP contribution in [-0.2, 0) is 4.79 Å². The van der Waals surface area contributed by atoms with Crippen LogP contribution < -0.4 is 4.90 Å². The lowest BCUT2D eigenvalue weighted by molar-refractivity contribution is -0.138. The maximum Gasteiger partial charge on any atom is 0.222 e. The zero-order chi connectivity index (χ0) is 18.7. The second-order valence-electron chi connectivity index (χ2n) is 7.90. The molecule has 3 rings (SSSR count). The van der Waals surface area contributed by atoms with Gasteiger partial charge in [0.2, 0.25) is 5.91 Å². The van der Waals surface area contributed by atoms with E-state index < -0.39 is 0 Å². The first-order chi connectivity index (χ1) is 12.5. The summed E-state index contributed by atoms with van der Waals surface area (Å²) in [4.78, 5) is 20.8. The normalized spacial score (nSPS) is 19.9. The summed E-state index contributed by atoms with van der Waals surface area (Å²) in [7, 11) is 0. The highest BCUT2D eigenvalue weighted by molar-refractivity contribution is 5.77. The molecule has 2 saturated heterocycles. The van der Waals surface area contributed by atoms with E-state index in [1.165, 1.54) is 0 Å². The molecule has 1 amide bonds. The maximum absolute atomic E-state index is 12.0. The fraction of sp³-hybridized carbons (Fsp3) is 0.650. The number of likely N-dealkylation sites (tertiary alicyclic amines) is 1. The average Bonchev–Trinajstić information content (AvgIpc) is 2.65. The Balaban J connectivity index is 1.74. The summed E-state index contributed by atoms with van der Waals surface area (Å²) in [5.74, 6) is 1.28. The highest BCUT2D eigenvalue weighted by atomic mass is 16.3. The largest absolute Gasteiger partial charge is 0.395 e. The molecular weight excluding hydrogens is 328 g/mol. The number of nitriles is 1. The molecule has 0 atom stereocenters. The first-order valence-corrected chi connectivity index (χ1v) is 9.53. The lowest BCUT2D eigenvalue weighted by Gasteiger charge is -2.47. The molecule has 0 unspecified atom stereocenters. The third-order valence-corrected chi connectivity index (χ3v) is 5.85. The van der Waals surface area contributed by atoms with E-state index in [9.17, 15) is 15.2 Å². The topological polar surface area (TPSA) is 80.5 Å². The van der Waals surface area contributed by atoms with Gasteiger partial charge in [-0.3, -0.25) is 4.79 Å². The number of carbonyl (C=O) groups is 1. The minimum atomic E-state index is 0.0192. The molecule has 0 saturated carbocycles. The number of carbonyl (C=O) groups excluding carboxylic acids is 1. The Morgan fingerprint density at radius 3 is 2.65 bits per heavy atom. The van der Waals surface area contributed by atoms with E-state index in [0.717, 1.165) is 50.4 Å². The van der Waals surface area contributed by atoms with Crippen molar-refractivity contribution in [1.82, 2.24) is 9.88 Å². The number of piperidine rings is 2. The molecule has 0 bridgehead atoms. The van der Waals surface area contributed by atoms with Gasteiger partial charge in [0, 0.05) is 38.3 Å². The van der Waals surface area contributed by atoms with E-state index >= 15 is 0 Å². The van der Waals surface area contributed by atoms with Crippen LogP contribution in [0.5, 0.6) is 0 Å². The predicted molar refractivity (Wildman–Crippen MR) is 99.8 cm³/mol. The van der Waals surface area contributed by atoms with E-state index in [0.29, 0.717) is 24.4 Å². The fourth-order valence-corrected chi connectivity index (χ4v) is 4.14. The van der Waals surface area contributed by atoms with Crippen LogP contribution >= 0.6 is 0 Å². The van der Waals surface area contributed by atoms with Crippen LogP contribution in [0.2, 0.25) is 0 Å². The van der Waals surface area contributed by atoms with E-state index in [1.54, 1.807) is 0 Å². The lowest BCUT2D eigenvalue weighted by atomic mass is 9.72. The Bertz CT molecular complexity index is 702. The van der Waals surface area contributed by atoms with Gasteiger partial charge in [-0.2, -0.15) is 5.26 Å². The quantitative estimate of drug-likeness (QED) is 0.895. The zero-order valence-corrected chi connectivity index (χ0v) is 15.7. The van der Waals surface area contributed by atoms with Gasteiger partial charge in [-0.25, -0.2) is 4.98 Å². The Labute approximate surface area is 155 Å². The van der Waals surface area contributed by atoms with Gasteiger partial charge in [0.1, 0.15) is 11.9 Å². The number of amides is 1. The summed E-state index contributed by atoms with van der Waals surface area (Å²) in [6, 6.07) is 6.10. The van der Waals surface area contributed by atoms with Crippen molar-refractivity contribution in [2.45, 2.75) is 45.4 Å². The van der Waals surface area contributed by atoms with E-state index in [2.05, 4.69) is 24.8 Å². The fourth-order valence-electron chi connectivity index (χ4n) is 4.14. The molecule has 0 aliphatic carbocycles. The maximum atomic E-state index is 12.0. The molecule has 6 heteroatoms. The molecule has 1 N–H and O–H groups in total. The van der Waals surface area contributed by atoms with Crippen molar-refractivity contribution in [3.63, 3.8) is 0 Å². The van der Waals surface area contributed by atoms with Gasteiger partial charge >= 0.3 is 0 Å². The third kappa shape index (κ3) is 3.68. The molecule has 1 aromatic heterocycles.